The molecular formula is C17H28O3. The summed E-state index contributed by atoms with van der Waals surface area (Å²) >= 11 is 0. The van der Waals surface area contributed by atoms with E-state index in [4.69, 9.17) is 0 Å². The Morgan fingerprint density at radius 2 is 1.65 bits per heavy atom. The fourth-order valence-corrected chi connectivity index (χ4v) is 2.35. The third-order valence-electron chi connectivity index (χ3n) is 3.76. The molecule has 1 atom stereocenters. The maximum Gasteiger partial charge on any atom is 0.121 e. The number of aryl methyl sites for hydroxylation is 2. The summed E-state index contributed by atoms with van der Waals surface area (Å²) in [6.07, 6.45) is 3.39. The minimum Gasteiger partial charge on any atom is -0.507 e. The van der Waals surface area contributed by atoms with Crippen molar-refractivity contribution in [1.82, 2.24) is 0 Å². The second kappa shape index (κ2) is 6.59. The van der Waals surface area contributed by atoms with Crippen LogP contribution < -0.4 is 0 Å². The molecule has 0 aliphatic carbocycles. The van der Waals surface area contributed by atoms with Crippen molar-refractivity contribution in [3.8, 4) is 5.75 Å². The molecule has 0 aliphatic rings. The first-order valence-electron chi connectivity index (χ1n) is 7.33. The lowest BCUT2D eigenvalue weighted by atomic mass is 9.89. The number of hydrogen-bond donors (Lipinski definition) is 3. The van der Waals surface area contributed by atoms with Crippen LogP contribution in [-0.4, -0.2) is 26.5 Å². The lowest BCUT2D eigenvalue weighted by Crippen LogP contribution is -2.26. The first-order chi connectivity index (χ1) is 9.11. The van der Waals surface area contributed by atoms with Gasteiger partial charge in [0.2, 0.25) is 0 Å². The average molecular weight is 280 g/mol. The van der Waals surface area contributed by atoms with Gasteiger partial charge in [-0.25, -0.2) is 0 Å². The fourth-order valence-electron chi connectivity index (χ4n) is 2.35. The van der Waals surface area contributed by atoms with Crippen molar-refractivity contribution in [2.75, 3.05) is 0 Å². The summed E-state index contributed by atoms with van der Waals surface area (Å²) in [6, 6.07) is 5.70. The minimum absolute atomic E-state index is 0.333. The monoisotopic (exact) mass is 280 g/mol. The van der Waals surface area contributed by atoms with E-state index in [1.54, 1.807) is 13.8 Å². The zero-order valence-corrected chi connectivity index (χ0v) is 13.1. The van der Waals surface area contributed by atoms with Crippen LogP contribution in [0, 0.1) is 6.92 Å². The molecule has 1 unspecified atom stereocenters. The smallest absolute Gasteiger partial charge is 0.121 e. The highest BCUT2D eigenvalue weighted by atomic mass is 16.3. The molecule has 0 bridgehead atoms. The summed E-state index contributed by atoms with van der Waals surface area (Å²) in [5, 5.41) is 30.0. The molecule has 0 fully saturated rings. The van der Waals surface area contributed by atoms with Gasteiger partial charge in [-0.15, -0.1) is 0 Å². The van der Waals surface area contributed by atoms with Crippen LogP contribution in [0.1, 0.15) is 57.6 Å². The van der Waals surface area contributed by atoms with Gasteiger partial charge in [0.05, 0.1) is 11.2 Å². The molecule has 3 nitrogen and oxygen atoms in total. The van der Waals surface area contributed by atoms with Crippen LogP contribution in [0.4, 0.5) is 0 Å². The lowest BCUT2D eigenvalue weighted by Gasteiger charge is -2.25. The van der Waals surface area contributed by atoms with Gasteiger partial charge in [0, 0.05) is 0 Å². The second-order valence-electron chi connectivity index (χ2n) is 6.75. The van der Waals surface area contributed by atoms with E-state index >= 15 is 0 Å². The molecule has 0 aliphatic heterocycles. The van der Waals surface area contributed by atoms with Crippen LogP contribution in [-0.2, 0) is 6.42 Å². The van der Waals surface area contributed by atoms with Crippen LogP contribution in [0.25, 0.3) is 0 Å². The van der Waals surface area contributed by atoms with Crippen molar-refractivity contribution in [3.63, 3.8) is 0 Å². The first kappa shape index (κ1) is 17.0. The van der Waals surface area contributed by atoms with Crippen LogP contribution in [0.2, 0.25) is 0 Å². The van der Waals surface area contributed by atoms with Gasteiger partial charge in [-0.1, -0.05) is 18.2 Å². The number of aromatic hydroxyl groups is 1. The summed E-state index contributed by atoms with van der Waals surface area (Å²) in [5.74, 6) is 0.333. The van der Waals surface area contributed by atoms with Gasteiger partial charge in [-0.3, -0.25) is 0 Å². The predicted molar refractivity (Wildman–Crippen MR) is 81.9 cm³/mol. The molecule has 0 spiro atoms. The van der Waals surface area contributed by atoms with Gasteiger partial charge in [0.1, 0.15) is 5.75 Å². The highest BCUT2D eigenvalue weighted by Gasteiger charge is 2.22. The summed E-state index contributed by atoms with van der Waals surface area (Å²) in [5.41, 5.74) is 0.309. The van der Waals surface area contributed by atoms with Crippen LogP contribution >= 0.6 is 0 Å². The van der Waals surface area contributed by atoms with Gasteiger partial charge < -0.3 is 15.3 Å². The van der Waals surface area contributed by atoms with E-state index in [9.17, 15) is 15.3 Å². The minimum atomic E-state index is -0.762. The highest BCUT2D eigenvalue weighted by molar-refractivity contribution is 5.39. The van der Waals surface area contributed by atoms with Crippen molar-refractivity contribution >= 4 is 0 Å². The topological polar surface area (TPSA) is 60.7 Å². The largest absolute Gasteiger partial charge is 0.507 e. The number of para-hydroxylation sites is 1. The molecule has 0 radical (unpaired) electrons. The molecule has 1 rings (SSSR count). The zero-order chi connectivity index (χ0) is 15.4. The van der Waals surface area contributed by atoms with Crippen molar-refractivity contribution in [1.29, 1.82) is 0 Å². The molecule has 0 heterocycles. The predicted octanol–water partition coefficient (Wildman–Crippen LogP) is 3.33. The number of benzene rings is 1. The van der Waals surface area contributed by atoms with Crippen LogP contribution in [0.3, 0.4) is 0 Å². The fraction of sp³-hybridized carbons (Fsp3) is 0.647. The quantitative estimate of drug-likeness (QED) is 0.718. The molecule has 1 aromatic rings. The zero-order valence-electron chi connectivity index (χ0n) is 13.1. The van der Waals surface area contributed by atoms with E-state index in [-0.39, 0.29) is 0 Å². The van der Waals surface area contributed by atoms with Crippen molar-refractivity contribution < 1.29 is 15.3 Å². The molecular weight excluding hydrogens is 252 g/mol. The molecule has 0 saturated carbocycles. The van der Waals surface area contributed by atoms with E-state index < -0.39 is 11.2 Å². The summed E-state index contributed by atoms with van der Waals surface area (Å²) in [7, 11) is 0. The maximum atomic E-state index is 10.4. The Balaban J connectivity index is 2.48. The Morgan fingerprint density at radius 3 is 2.25 bits per heavy atom. The van der Waals surface area contributed by atoms with E-state index in [2.05, 4.69) is 0 Å². The molecule has 3 heteroatoms. The Bertz CT molecular complexity index is 430. The Morgan fingerprint density at radius 1 is 1.00 bits per heavy atom. The van der Waals surface area contributed by atoms with Crippen molar-refractivity contribution in [2.24, 2.45) is 0 Å². The van der Waals surface area contributed by atoms with Crippen molar-refractivity contribution in [3.05, 3.63) is 29.3 Å². The SMILES string of the molecule is Cc1cccc(CCC(C)(O)CCCC(C)(C)O)c1O. The van der Waals surface area contributed by atoms with Crippen LogP contribution in [0.15, 0.2) is 18.2 Å². The number of phenolic OH excluding ortho intramolecular Hbond substituents is 1. The van der Waals surface area contributed by atoms with Crippen LogP contribution in [0.5, 0.6) is 5.75 Å². The standard InChI is InChI=1S/C17H28O3/c1-13-7-5-8-14(15(13)18)9-12-17(4,20)11-6-10-16(2,3)19/h5,7-8,18-20H,6,9-12H2,1-4H3. The average Bonchev–Trinajstić information content (AvgIpc) is 2.29. The molecule has 20 heavy (non-hydrogen) atoms. The number of rotatable bonds is 7. The third kappa shape index (κ3) is 5.93. The van der Waals surface area contributed by atoms with Gasteiger partial charge in [-0.2, -0.15) is 0 Å². The Kier molecular flexibility index (Phi) is 5.60. The molecule has 114 valence electrons. The first-order valence-corrected chi connectivity index (χ1v) is 7.33. The summed E-state index contributed by atoms with van der Waals surface area (Å²) in [4.78, 5) is 0. The van der Waals surface area contributed by atoms with Gasteiger partial charge in [-0.05, 0) is 70.9 Å². The van der Waals surface area contributed by atoms with E-state index in [1.165, 1.54) is 0 Å². The van der Waals surface area contributed by atoms with E-state index in [0.29, 0.717) is 31.4 Å². The molecule has 0 aromatic heterocycles. The van der Waals surface area contributed by atoms with E-state index in [0.717, 1.165) is 17.5 Å². The summed E-state index contributed by atoms with van der Waals surface area (Å²) in [6.45, 7) is 7.27. The summed E-state index contributed by atoms with van der Waals surface area (Å²) < 4.78 is 0. The second-order valence-corrected chi connectivity index (χ2v) is 6.75. The number of aliphatic hydroxyl groups is 2. The third-order valence-corrected chi connectivity index (χ3v) is 3.76. The van der Waals surface area contributed by atoms with Crippen molar-refractivity contribution in [2.45, 2.75) is 71.0 Å². The highest BCUT2D eigenvalue weighted by Crippen LogP contribution is 2.27. The normalized spacial score (nSPS) is 15.1. The van der Waals surface area contributed by atoms with Gasteiger partial charge in [0.25, 0.3) is 0 Å². The number of phenols is 1. The number of hydrogen-bond acceptors (Lipinski definition) is 3. The van der Waals surface area contributed by atoms with E-state index in [1.807, 2.05) is 32.0 Å². The Labute approximate surface area is 122 Å². The lowest BCUT2D eigenvalue weighted by molar-refractivity contribution is 0.0241. The molecule has 3 N–H and O–H groups in total. The molecule has 1 aromatic carbocycles. The Hall–Kier alpha value is -1.06. The molecule has 0 saturated heterocycles. The van der Waals surface area contributed by atoms with Gasteiger partial charge in [0.15, 0.2) is 0 Å². The molecule has 0 amide bonds. The van der Waals surface area contributed by atoms with Gasteiger partial charge >= 0.3 is 0 Å². The maximum absolute atomic E-state index is 10.4.